The number of likely N-dealkylation sites (tertiary alicyclic amines) is 1. The van der Waals surface area contributed by atoms with Crippen molar-refractivity contribution in [3.05, 3.63) is 65.7 Å². The number of hydrogen-bond acceptors (Lipinski definition) is 3. The average molecular weight is 427 g/mol. The van der Waals surface area contributed by atoms with Gasteiger partial charge in [-0.25, -0.2) is 13.1 Å². The van der Waals surface area contributed by atoms with Crippen molar-refractivity contribution < 1.29 is 13.2 Å². The molecule has 1 amide bonds. The van der Waals surface area contributed by atoms with E-state index in [-0.39, 0.29) is 11.9 Å². The Labute approximate surface area is 179 Å². The van der Waals surface area contributed by atoms with Gasteiger partial charge < -0.3 is 4.90 Å². The Hall–Kier alpha value is -2.18. The summed E-state index contributed by atoms with van der Waals surface area (Å²) in [4.78, 5) is 14.9. The quantitative estimate of drug-likeness (QED) is 0.702. The van der Waals surface area contributed by atoms with Gasteiger partial charge in [0.1, 0.15) is 0 Å². The Morgan fingerprint density at radius 2 is 1.57 bits per heavy atom. The average Bonchev–Trinajstić information content (AvgIpc) is 3.57. The third-order valence-electron chi connectivity index (χ3n) is 6.09. The molecule has 1 aliphatic carbocycles. The number of carbonyl (C=O) groups is 1. The van der Waals surface area contributed by atoms with E-state index in [0.717, 1.165) is 50.8 Å². The highest BCUT2D eigenvalue weighted by molar-refractivity contribution is 7.89. The van der Waals surface area contributed by atoms with Gasteiger partial charge in [-0.05, 0) is 67.7 Å². The lowest BCUT2D eigenvalue weighted by Crippen LogP contribution is -2.39. The molecular weight excluding hydrogens is 396 g/mol. The molecule has 160 valence electrons. The molecule has 0 radical (unpaired) electrons. The highest BCUT2D eigenvalue weighted by Gasteiger charge is 2.28. The highest BCUT2D eigenvalue weighted by atomic mass is 32.2. The van der Waals surface area contributed by atoms with Gasteiger partial charge >= 0.3 is 0 Å². The van der Waals surface area contributed by atoms with Crippen LogP contribution < -0.4 is 4.72 Å². The van der Waals surface area contributed by atoms with Gasteiger partial charge in [0.25, 0.3) is 0 Å². The summed E-state index contributed by atoms with van der Waals surface area (Å²) < 4.78 is 27.2. The topological polar surface area (TPSA) is 66.5 Å². The van der Waals surface area contributed by atoms with E-state index in [2.05, 4.69) is 29.0 Å². The van der Waals surface area contributed by atoms with Crippen LogP contribution in [0.15, 0.2) is 59.5 Å². The van der Waals surface area contributed by atoms with Crippen LogP contribution >= 0.6 is 0 Å². The van der Waals surface area contributed by atoms with Gasteiger partial charge in [-0.3, -0.25) is 4.79 Å². The first-order valence-electron chi connectivity index (χ1n) is 10.9. The predicted octanol–water partition coefficient (Wildman–Crippen LogP) is 3.54. The fraction of sp³-hybridized carbons (Fsp3) is 0.458. The lowest BCUT2D eigenvalue weighted by Gasteiger charge is -2.32. The molecule has 6 heteroatoms. The smallest absolute Gasteiger partial charge is 0.240 e. The minimum absolute atomic E-state index is 0.101. The number of amides is 1. The van der Waals surface area contributed by atoms with Crippen molar-refractivity contribution in [1.29, 1.82) is 0 Å². The minimum atomic E-state index is -3.42. The van der Waals surface area contributed by atoms with Crippen molar-refractivity contribution in [3.63, 3.8) is 0 Å². The number of hydrogen-bond donors (Lipinski definition) is 1. The lowest BCUT2D eigenvalue weighted by molar-refractivity contribution is -0.132. The van der Waals surface area contributed by atoms with Crippen molar-refractivity contribution in [1.82, 2.24) is 9.62 Å². The Morgan fingerprint density at radius 1 is 0.900 bits per heavy atom. The van der Waals surface area contributed by atoms with Crippen LogP contribution in [0.4, 0.5) is 0 Å². The Morgan fingerprint density at radius 3 is 2.20 bits per heavy atom. The van der Waals surface area contributed by atoms with Crippen molar-refractivity contribution in [2.75, 3.05) is 13.1 Å². The minimum Gasteiger partial charge on any atom is -0.343 e. The van der Waals surface area contributed by atoms with Gasteiger partial charge in [0.2, 0.25) is 15.9 Å². The second kappa shape index (κ2) is 9.31. The van der Waals surface area contributed by atoms with Crippen LogP contribution in [-0.4, -0.2) is 38.4 Å². The second-order valence-electron chi connectivity index (χ2n) is 8.55. The van der Waals surface area contributed by atoms with Crippen molar-refractivity contribution in [2.45, 2.75) is 55.9 Å². The summed E-state index contributed by atoms with van der Waals surface area (Å²) in [5, 5.41) is 0. The molecule has 0 aromatic heterocycles. The number of sulfonamides is 1. The van der Waals surface area contributed by atoms with E-state index < -0.39 is 10.0 Å². The number of carbonyl (C=O) groups excluding carboxylic acids is 1. The maximum Gasteiger partial charge on any atom is 0.240 e. The summed E-state index contributed by atoms with van der Waals surface area (Å²) in [6.45, 7) is 1.67. The van der Waals surface area contributed by atoms with Crippen LogP contribution in [0.25, 0.3) is 0 Å². The Bertz CT molecular complexity index is 946. The monoisotopic (exact) mass is 426 g/mol. The number of nitrogens with zero attached hydrogens (tertiary/aromatic N) is 1. The Balaban J connectivity index is 1.22. The molecule has 0 unspecified atom stereocenters. The summed E-state index contributed by atoms with van der Waals surface area (Å²) in [6.07, 6.45) is 6.15. The number of rotatable bonds is 8. The molecule has 2 aromatic carbocycles. The molecule has 30 heavy (non-hydrogen) atoms. The largest absolute Gasteiger partial charge is 0.343 e. The van der Waals surface area contributed by atoms with Crippen molar-refractivity contribution in [3.8, 4) is 0 Å². The van der Waals surface area contributed by atoms with Gasteiger partial charge in [-0.1, -0.05) is 42.5 Å². The molecule has 1 saturated heterocycles. The van der Waals surface area contributed by atoms with Crippen LogP contribution in [0.3, 0.4) is 0 Å². The van der Waals surface area contributed by atoms with Crippen LogP contribution in [0.2, 0.25) is 0 Å². The number of benzene rings is 2. The van der Waals surface area contributed by atoms with Gasteiger partial charge in [-0.15, -0.1) is 0 Å². The highest BCUT2D eigenvalue weighted by Crippen LogP contribution is 2.24. The normalized spacial score (nSPS) is 17.8. The van der Waals surface area contributed by atoms with E-state index in [0.29, 0.717) is 23.7 Å². The number of aryl methyl sites for hydroxylation is 1. The second-order valence-corrected chi connectivity index (χ2v) is 10.3. The van der Waals surface area contributed by atoms with Gasteiger partial charge in [0, 0.05) is 25.6 Å². The van der Waals surface area contributed by atoms with E-state index in [1.165, 1.54) is 5.56 Å². The van der Waals surface area contributed by atoms with Gasteiger partial charge in [-0.2, -0.15) is 0 Å². The van der Waals surface area contributed by atoms with E-state index in [9.17, 15) is 13.2 Å². The van der Waals surface area contributed by atoms with Gasteiger partial charge in [0.15, 0.2) is 0 Å². The SMILES string of the molecule is O=C(CCc1ccc(S(=O)(=O)NC2CC2)cc1)N1CCC(Cc2ccccc2)CC1. The molecule has 4 rings (SSSR count). The molecule has 2 aromatic rings. The molecule has 0 bridgehead atoms. The molecular formula is C24H30N2O3S. The van der Waals surface area contributed by atoms with Gasteiger partial charge in [0.05, 0.1) is 4.90 Å². The third kappa shape index (κ3) is 5.70. The number of piperidine rings is 1. The van der Waals surface area contributed by atoms with E-state index in [4.69, 9.17) is 0 Å². The fourth-order valence-electron chi connectivity index (χ4n) is 4.07. The molecule has 2 fully saturated rings. The summed E-state index contributed by atoms with van der Waals surface area (Å²) in [5.74, 6) is 0.843. The van der Waals surface area contributed by atoms with E-state index in [1.807, 2.05) is 23.1 Å². The first kappa shape index (κ1) is 21.1. The first-order valence-corrected chi connectivity index (χ1v) is 12.4. The summed E-state index contributed by atoms with van der Waals surface area (Å²) in [6, 6.07) is 17.6. The zero-order valence-corrected chi connectivity index (χ0v) is 18.1. The van der Waals surface area contributed by atoms with Crippen molar-refractivity contribution >= 4 is 15.9 Å². The summed E-state index contributed by atoms with van der Waals surface area (Å²) >= 11 is 0. The Kier molecular flexibility index (Phi) is 6.54. The van der Waals surface area contributed by atoms with E-state index in [1.54, 1.807) is 12.1 Å². The molecule has 5 nitrogen and oxygen atoms in total. The fourth-order valence-corrected chi connectivity index (χ4v) is 5.37. The maximum absolute atomic E-state index is 12.6. The van der Waals surface area contributed by atoms with Crippen LogP contribution in [0, 0.1) is 5.92 Å². The first-order chi connectivity index (χ1) is 14.5. The molecule has 1 saturated carbocycles. The molecule has 0 atom stereocenters. The van der Waals surface area contributed by atoms with Crippen LogP contribution in [0.1, 0.15) is 43.2 Å². The van der Waals surface area contributed by atoms with Crippen molar-refractivity contribution in [2.24, 2.45) is 5.92 Å². The standard InChI is InChI=1S/C24H30N2O3S/c27-24(26-16-14-21(15-17-26)18-20-4-2-1-3-5-20)13-8-19-6-11-23(12-7-19)30(28,29)25-22-9-10-22/h1-7,11-12,21-22,25H,8-10,13-18H2. The molecule has 0 spiro atoms. The van der Waals surface area contributed by atoms with E-state index >= 15 is 0 Å². The summed E-state index contributed by atoms with van der Waals surface area (Å²) in [7, 11) is -3.42. The molecule has 1 heterocycles. The molecule has 1 aliphatic heterocycles. The zero-order valence-electron chi connectivity index (χ0n) is 17.3. The van der Waals surface area contributed by atoms with Crippen LogP contribution in [-0.2, 0) is 27.7 Å². The lowest BCUT2D eigenvalue weighted by atomic mass is 9.90. The molecule has 1 N–H and O–H groups in total. The molecule has 2 aliphatic rings. The zero-order chi connectivity index (χ0) is 21.0. The maximum atomic E-state index is 12.6. The number of nitrogens with one attached hydrogen (secondary N) is 1. The predicted molar refractivity (Wildman–Crippen MR) is 118 cm³/mol. The summed E-state index contributed by atoms with van der Waals surface area (Å²) in [5.41, 5.74) is 2.37. The third-order valence-corrected chi connectivity index (χ3v) is 7.63. The van der Waals surface area contributed by atoms with Crippen LogP contribution in [0.5, 0.6) is 0 Å².